The van der Waals surface area contributed by atoms with Crippen LogP contribution in [0.4, 0.5) is 0 Å². The van der Waals surface area contributed by atoms with Crippen molar-refractivity contribution in [2.75, 3.05) is 0 Å². The Balaban J connectivity index is 0. The van der Waals surface area contributed by atoms with Gasteiger partial charge in [0.05, 0.1) is 0 Å². The summed E-state index contributed by atoms with van der Waals surface area (Å²) in [6.45, 7) is 2.96. The fraction of sp³-hybridized carbons (Fsp3) is 0. The van der Waals surface area contributed by atoms with E-state index < -0.39 is 29.2 Å². The van der Waals surface area contributed by atoms with Crippen LogP contribution in [0.3, 0.4) is 0 Å². The van der Waals surface area contributed by atoms with Crippen molar-refractivity contribution in [2.45, 2.75) is 0 Å². The molecule has 0 radical (unpaired) electrons. The van der Waals surface area contributed by atoms with Gasteiger partial charge in [-0.2, -0.15) is 0 Å². The maximum atomic E-state index is 9.25. The van der Waals surface area contributed by atoms with Crippen molar-refractivity contribution in [3.05, 3.63) is 12.7 Å². The summed E-state index contributed by atoms with van der Waals surface area (Å²) in [4.78, 5) is 9.25. The predicted molar refractivity (Wildman–Crippen MR) is 19.2 cm³/mol. The molecule has 0 spiro atoms. The molecule has 0 aromatic rings. The van der Waals surface area contributed by atoms with Gasteiger partial charge in [-0.25, -0.2) is 4.79 Å². The fourth-order valence-corrected chi connectivity index (χ4v) is 0. The first-order valence-electron chi connectivity index (χ1n) is 1.53. The van der Waals surface area contributed by atoms with E-state index in [0.717, 1.165) is 6.08 Å². The number of carbonyl (C=O) groups is 1. The molecule has 0 aliphatic rings. The van der Waals surface area contributed by atoms with Crippen LogP contribution in [0.15, 0.2) is 12.7 Å². The Labute approximate surface area is 57.7 Å². The SMILES string of the molecule is C=CC(=O)O.[O]=[Zr]=[O]. The van der Waals surface area contributed by atoms with Crippen molar-refractivity contribution in [1.29, 1.82) is 0 Å². The third kappa shape index (κ3) is 43.7. The van der Waals surface area contributed by atoms with E-state index in [0.29, 0.717) is 0 Å². The molecule has 0 saturated carbocycles. The van der Waals surface area contributed by atoms with Crippen molar-refractivity contribution in [2.24, 2.45) is 0 Å². The molecule has 0 saturated heterocycles. The molecule has 0 atom stereocenters. The minimum atomic E-state index is -2.27. The van der Waals surface area contributed by atoms with Crippen LogP contribution in [0, 0.1) is 0 Å². The van der Waals surface area contributed by atoms with Crippen molar-refractivity contribution in [3.63, 3.8) is 0 Å². The second-order valence-electron chi connectivity index (χ2n) is 0.626. The van der Waals surface area contributed by atoms with Gasteiger partial charge in [-0.15, -0.1) is 0 Å². The van der Waals surface area contributed by atoms with Crippen molar-refractivity contribution in [3.8, 4) is 0 Å². The molecule has 0 aliphatic heterocycles. The molecule has 0 aliphatic carbocycles. The molecule has 0 heterocycles. The zero-order chi connectivity index (χ0) is 6.99. The minimum absolute atomic E-state index is 0.833. The average molecular weight is 195 g/mol. The molecule has 1 N–H and O–H groups in total. The van der Waals surface area contributed by atoms with Crippen LogP contribution in [0.1, 0.15) is 0 Å². The second kappa shape index (κ2) is 9.85. The van der Waals surface area contributed by atoms with E-state index in [2.05, 4.69) is 6.58 Å². The molecular formula is C3H4O4Zr. The summed E-state index contributed by atoms with van der Waals surface area (Å²) in [6.07, 6.45) is 0.833. The van der Waals surface area contributed by atoms with Gasteiger partial charge in [0.25, 0.3) is 0 Å². The van der Waals surface area contributed by atoms with Crippen LogP contribution >= 0.6 is 0 Å². The molecule has 0 amide bonds. The summed E-state index contributed by atoms with van der Waals surface area (Å²) < 4.78 is 17.1. The number of carboxylic acid groups (broad SMARTS) is 1. The van der Waals surface area contributed by atoms with Gasteiger partial charge in [0.1, 0.15) is 0 Å². The van der Waals surface area contributed by atoms with E-state index in [4.69, 9.17) is 10.7 Å². The van der Waals surface area contributed by atoms with Gasteiger partial charge < -0.3 is 5.11 Å². The van der Waals surface area contributed by atoms with Crippen LogP contribution in [0.5, 0.6) is 0 Å². The Kier molecular flexibility index (Phi) is 13.1. The second-order valence-corrected chi connectivity index (χ2v) is 1.04. The van der Waals surface area contributed by atoms with E-state index in [1.54, 1.807) is 0 Å². The summed E-state index contributed by atoms with van der Waals surface area (Å²) in [5.41, 5.74) is 0. The number of aliphatic carboxylic acids is 1. The first kappa shape index (κ1) is 10.6. The molecule has 5 heteroatoms. The predicted octanol–water partition coefficient (Wildman–Crippen LogP) is 0.0169. The number of hydrogen-bond acceptors (Lipinski definition) is 3. The van der Waals surface area contributed by atoms with Gasteiger partial charge in [-0.1, -0.05) is 6.58 Å². The molecule has 44 valence electrons. The molecule has 0 aromatic carbocycles. The first-order valence-corrected chi connectivity index (χ1v) is 3.54. The van der Waals surface area contributed by atoms with E-state index in [9.17, 15) is 4.79 Å². The molecule has 0 aromatic heterocycles. The molecule has 4 nitrogen and oxygen atoms in total. The van der Waals surface area contributed by atoms with E-state index in [-0.39, 0.29) is 0 Å². The summed E-state index contributed by atoms with van der Waals surface area (Å²) >= 11 is -2.27. The van der Waals surface area contributed by atoms with Crippen molar-refractivity contribution < 1.29 is 38.8 Å². The molecule has 0 fully saturated rings. The summed E-state index contributed by atoms with van der Waals surface area (Å²) in [5.74, 6) is -0.981. The van der Waals surface area contributed by atoms with E-state index in [1.807, 2.05) is 0 Å². The van der Waals surface area contributed by atoms with Gasteiger partial charge in [0.2, 0.25) is 0 Å². The number of hydrogen-bond donors (Lipinski definition) is 1. The Morgan fingerprint density at radius 1 is 1.62 bits per heavy atom. The average Bonchev–Trinajstić information content (AvgIpc) is 1.69. The Bertz CT molecular complexity index is 112. The van der Waals surface area contributed by atoms with Crippen LogP contribution in [-0.4, -0.2) is 11.1 Å². The Morgan fingerprint density at radius 3 is 1.75 bits per heavy atom. The van der Waals surface area contributed by atoms with E-state index in [1.165, 1.54) is 0 Å². The standard InChI is InChI=1S/C3H4O2.2O.Zr/c1-2-3(4)5;;;/h2H,1H2,(H,4,5);;;. The molecule has 0 rings (SSSR count). The van der Waals surface area contributed by atoms with Crippen LogP contribution in [0.25, 0.3) is 0 Å². The van der Waals surface area contributed by atoms with E-state index >= 15 is 0 Å². The monoisotopic (exact) mass is 194 g/mol. The first-order chi connectivity index (χ1) is 3.68. The molecule has 8 heavy (non-hydrogen) atoms. The Morgan fingerprint density at radius 2 is 1.75 bits per heavy atom. The molecule has 0 bridgehead atoms. The zero-order valence-corrected chi connectivity index (χ0v) is 6.41. The van der Waals surface area contributed by atoms with Crippen molar-refractivity contribution >= 4 is 5.97 Å². The van der Waals surface area contributed by atoms with Crippen LogP contribution in [0.2, 0.25) is 0 Å². The third-order valence-corrected chi connectivity index (χ3v) is 0.175. The Hall–Kier alpha value is -0.307. The summed E-state index contributed by atoms with van der Waals surface area (Å²) in [6, 6.07) is 0. The van der Waals surface area contributed by atoms with Gasteiger partial charge in [-0.3, -0.25) is 0 Å². The zero-order valence-electron chi connectivity index (χ0n) is 3.96. The molecule has 0 unspecified atom stereocenters. The van der Waals surface area contributed by atoms with Crippen LogP contribution < -0.4 is 0 Å². The number of rotatable bonds is 1. The number of carboxylic acids is 1. The van der Waals surface area contributed by atoms with Crippen LogP contribution in [-0.2, 0) is 33.7 Å². The summed E-state index contributed by atoms with van der Waals surface area (Å²) in [5, 5.41) is 7.60. The van der Waals surface area contributed by atoms with Crippen molar-refractivity contribution in [1.82, 2.24) is 0 Å². The maximum absolute atomic E-state index is 9.25. The fourth-order valence-electron chi connectivity index (χ4n) is 0. The van der Waals surface area contributed by atoms with Gasteiger partial charge >= 0.3 is 34.8 Å². The van der Waals surface area contributed by atoms with Gasteiger partial charge in [0.15, 0.2) is 0 Å². The topological polar surface area (TPSA) is 71.4 Å². The van der Waals surface area contributed by atoms with Gasteiger partial charge in [0, 0.05) is 6.08 Å². The van der Waals surface area contributed by atoms with Gasteiger partial charge in [-0.05, 0) is 0 Å². The third-order valence-electron chi connectivity index (χ3n) is 0.175. The normalized spacial score (nSPS) is 5.00. The summed E-state index contributed by atoms with van der Waals surface area (Å²) in [7, 11) is 0. The molecular weight excluding hydrogens is 191 g/mol. The quantitative estimate of drug-likeness (QED) is 0.599.